The summed E-state index contributed by atoms with van der Waals surface area (Å²) in [6.07, 6.45) is 1.52. The highest BCUT2D eigenvalue weighted by Gasteiger charge is 2.12. The van der Waals surface area contributed by atoms with Gasteiger partial charge in [-0.3, -0.25) is 15.1 Å². The van der Waals surface area contributed by atoms with Gasteiger partial charge in [-0.2, -0.15) is 0 Å². The third-order valence-electron chi connectivity index (χ3n) is 2.14. The summed E-state index contributed by atoms with van der Waals surface area (Å²) in [4.78, 5) is 27.1. The monoisotopic (exact) mass is 299 g/mol. The Labute approximate surface area is 118 Å². The van der Waals surface area contributed by atoms with E-state index in [9.17, 15) is 9.59 Å². The average molecular weight is 299 g/mol. The van der Waals surface area contributed by atoms with E-state index in [1.54, 1.807) is 23.9 Å². The van der Waals surface area contributed by atoms with Crippen molar-refractivity contribution in [3.05, 3.63) is 24.2 Å². The van der Waals surface area contributed by atoms with Crippen molar-refractivity contribution in [1.29, 1.82) is 0 Å². The van der Waals surface area contributed by atoms with Gasteiger partial charge in [0.1, 0.15) is 10.1 Å². The third kappa shape index (κ3) is 4.99. The lowest BCUT2D eigenvalue weighted by atomic mass is 10.4. The minimum atomic E-state index is -0.525. The molecule has 1 aliphatic heterocycles. The van der Waals surface area contributed by atoms with E-state index in [1.165, 1.54) is 18.0 Å². The number of thioether (sulfide) groups is 2. The van der Waals surface area contributed by atoms with E-state index in [-0.39, 0.29) is 18.2 Å². The Morgan fingerprint density at radius 1 is 1.53 bits per heavy atom. The van der Waals surface area contributed by atoms with E-state index in [0.717, 1.165) is 16.7 Å². The maximum absolute atomic E-state index is 11.5. The van der Waals surface area contributed by atoms with E-state index in [4.69, 9.17) is 4.42 Å². The molecule has 0 radical (unpaired) electrons. The van der Waals surface area contributed by atoms with E-state index in [0.29, 0.717) is 5.76 Å². The van der Waals surface area contributed by atoms with Crippen LogP contribution in [-0.2, 0) is 11.3 Å². The largest absolute Gasteiger partial charge is 0.467 e. The summed E-state index contributed by atoms with van der Waals surface area (Å²) >= 11 is 2.98. The zero-order valence-corrected chi connectivity index (χ0v) is 11.7. The molecule has 2 rings (SSSR count). The molecule has 2 heterocycles. The molecule has 0 aromatic carbocycles. The molecule has 0 atom stereocenters. The standard InChI is InChI=1S/C11H13N3O3S2/c15-9(7-19-11-12-3-5-18-11)14-10(16)13-6-8-2-1-4-17-8/h1-2,4H,3,5-7H2,(H2,13,14,15,16). The number of hydrogen-bond acceptors (Lipinski definition) is 6. The summed E-state index contributed by atoms with van der Waals surface area (Å²) in [5.74, 6) is 1.46. The smallest absolute Gasteiger partial charge is 0.321 e. The first-order valence-electron chi connectivity index (χ1n) is 5.64. The van der Waals surface area contributed by atoms with Crippen LogP contribution in [0, 0.1) is 0 Å². The van der Waals surface area contributed by atoms with Crippen molar-refractivity contribution in [3.63, 3.8) is 0 Å². The van der Waals surface area contributed by atoms with Crippen LogP contribution in [0.2, 0.25) is 0 Å². The van der Waals surface area contributed by atoms with Crippen molar-refractivity contribution < 1.29 is 14.0 Å². The molecule has 0 bridgehead atoms. The zero-order valence-electron chi connectivity index (χ0n) is 10.0. The molecule has 0 spiro atoms. The molecule has 0 fully saturated rings. The number of carbonyl (C=O) groups is 2. The Morgan fingerprint density at radius 2 is 2.42 bits per heavy atom. The van der Waals surface area contributed by atoms with Crippen molar-refractivity contribution in [2.75, 3.05) is 18.1 Å². The molecule has 1 aromatic rings. The van der Waals surface area contributed by atoms with Gasteiger partial charge in [0.25, 0.3) is 0 Å². The van der Waals surface area contributed by atoms with Gasteiger partial charge in [0.15, 0.2) is 0 Å². The van der Waals surface area contributed by atoms with Gasteiger partial charge in [0, 0.05) is 5.75 Å². The molecule has 0 saturated carbocycles. The Morgan fingerprint density at radius 3 is 3.11 bits per heavy atom. The molecule has 19 heavy (non-hydrogen) atoms. The average Bonchev–Trinajstić information content (AvgIpc) is 3.07. The van der Waals surface area contributed by atoms with Gasteiger partial charge < -0.3 is 9.73 Å². The molecule has 0 aliphatic carbocycles. The highest BCUT2D eigenvalue weighted by molar-refractivity contribution is 8.39. The first kappa shape index (κ1) is 14.0. The predicted molar refractivity (Wildman–Crippen MR) is 76.3 cm³/mol. The van der Waals surface area contributed by atoms with Crippen LogP contribution in [0.5, 0.6) is 0 Å². The number of rotatable bonds is 4. The van der Waals surface area contributed by atoms with Crippen LogP contribution in [0.15, 0.2) is 27.8 Å². The van der Waals surface area contributed by atoms with E-state index in [2.05, 4.69) is 15.6 Å². The van der Waals surface area contributed by atoms with Gasteiger partial charge in [-0.05, 0) is 12.1 Å². The van der Waals surface area contributed by atoms with Crippen LogP contribution in [0.3, 0.4) is 0 Å². The van der Waals surface area contributed by atoms with Gasteiger partial charge in [-0.15, -0.1) is 0 Å². The molecular weight excluding hydrogens is 286 g/mol. The number of aliphatic imine (C=N–C) groups is 1. The minimum absolute atomic E-state index is 0.194. The Bertz CT molecular complexity index is 474. The Balaban J connectivity index is 1.62. The second kappa shape index (κ2) is 7.25. The zero-order chi connectivity index (χ0) is 13.5. The fraction of sp³-hybridized carbons (Fsp3) is 0.364. The lowest BCUT2D eigenvalue weighted by molar-refractivity contribution is -0.117. The normalized spacial score (nSPS) is 14.0. The summed E-state index contributed by atoms with van der Waals surface area (Å²) in [6.45, 7) is 1.06. The fourth-order valence-electron chi connectivity index (χ4n) is 1.32. The van der Waals surface area contributed by atoms with Crippen LogP contribution in [0.1, 0.15) is 5.76 Å². The van der Waals surface area contributed by atoms with Crippen molar-refractivity contribution in [2.24, 2.45) is 4.99 Å². The highest BCUT2D eigenvalue weighted by Crippen LogP contribution is 2.21. The van der Waals surface area contributed by atoms with Crippen LogP contribution in [0.4, 0.5) is 4.79 Å². The summed E-state index contributed by atoms with van der Waals surface area (Å²) in [5.41, 5.74) is 0. The number of carbonyl (C=O) groups excluding carboxylic acids is 2. The fourth-order valence-corrected chi connectivity index (χ4v) is 3.13. The van der Waals surface area contributed by atoms with E-state index < -0.39 is 6.03 Å². The Kier molecular flexibility index (Phi) is 5.34. The van der Waals surface area contributed by atoms with Gasteiger partial charge in [0.05, 0.1) is 25.1 Å². The Hall–Kier alpha value is -1.41. The molecular formula is C11H13N3O3S2. The molecule has 3 amide bonds. The van der Waals surface area contributed by atoms with Crippen LogP contribution in [-0.4, -0.2) is 34.4 Å². The lowest BCUT2D eigenvalue weighted by Gasteiger charge is -2.05. The molecule has 1 aliphatic rings. The molecule has 0 saturated heterocycles. The highest BCUT2D eigenvalue weighted by atomic mass is 32.2. The summed E-state index contributed by atoms with van der Waals surface area (Å²) < 4.78 is 5.96. The second-order valence-electron chi connectivity index (χ2n) is 3.59. The number of amides is 3. The summed E-state index contributed by atoms with van der Waals surface area (Å²) in [5, 5.41) is 4.79. The van der Waals surface area contributed by atoms with Crippen LogP contribution in [0.25, 0.3) is 0 Å². The first-order valence-corrected chi connectivity index (χ1v) is 7.61. The molecule has 0 unspecified atom stereocenters. The molecule has 102 valence electrons. The number of furan rings is 1. The third-order valence-corrected chi connectivity index (χ3v) is 4.39. The van der Waals surface area contributed by atoms with Gasteiger partial charge >= 0.3 is 6.03 Å². The first-order chi connectivity index (χ1) is 9.24. The molecule has 1 aromatic heterocycles. The van der Waals surface area contributed by atoms with Crippen molar-refractivity contribution >= 4 is 39.8 Å². The van der Waals surface area contributed by atoms with Crippen molar-refractivity contribution in [1.82, 2.24) is 10.6 Å². The number of urea groups is 1. The minimum Gasteiger partial charge on any atom is -0.467 e. The van der Waals surface area contributed by atoms with Gasteiger partial charge in [0.2, 0.25) is 5.91 Å². The molecule has 2 N–H and O–H groups in total. The summed E-state index contributed by atoms with van der Waals surface area (Å²) in [6, 6.07) is 2.95. The summed E-state index contributed by atoms with van der Waals surface area (Å²) in [7, 11) is 0. The molecule has 8 heteroatoms. The number of nitrogens with zero attached hydrogens (tertiary/aromatic N) is 1. The second-order valence-corrected chi connectivity index (χ2v) is 5.90. The number of nitrogens with one attached hydrogen (secondary N) is 2. The predicted octanol–water partition coefficient (Wildman–Crippen LogP) is 1.44. The van der Waals surface area contributed by atoms with Crippen molar-refractivity contribution in [3.8, 4) is 0 Å². The van der Waals surface area contributed by atoms with E-state index in [1.807, 2.05) is 0 Å². The lowest BCUT2D eigenvalue weighted by Crippen LogP contribution is -2.40. The van der Waals surface area contributed by atoms with Gasteiger partial charge in [-0.1, -0.05) is 23.5 Å². The quantitative estimate of drug-likeness (QED) is 0.879. The van der Waals surface area contributed by atoms with Crippen LogP contribution < -0.4 is 10.6 Å². The van der Waals surface area contributed by atoms with Gasteiger partial charge in [-0.25, -0.2) is 4.79 Å². The van der Waals surface area contributed by atoms with E-state index >= 15 is 0 Å². The van der Waals surface area contributed by atoms with Crippen LogP contribution >= 0.6 is 23.5 Å². The maximum atomic E-state index is 11.5. The SMILES string of the molecule is O=C(CSC1=NCCS1)NC(=O)NCc1ccco1. The molecule has 6 nitrogen and oxygen atoms in total. The van der Waals surface area contributed by atoms with Crippen molar-refractivity contribution in [2.45, 2.75) is 6.54 Å². The number of hydrogen-bond donors (Lipinski definition) is 2. The maximum Gasteiger partial charge on any atom is 0.321 e. The topological polar surface area (TPSA) is 83.7 Å². The number of imide groups is 1.